The van der Waals surface area contributed by atoms with Crippen LogP contribution in [0.2, 0.25) is 18.1 Å². The van der Waals surface area contributed by atoms with Crippen LogP contribution in [-0.2, 0) is 15.6 Å². The Balaban J connectivity index is 1.66. The first-order valence-electron chi connectivity index (χ1n) is 11.3. The van der Waals surface area contributed by atoms with Crippen molar-refractivity contribution in [2.45, 2.75) is 82.5 Å². The van der Waals surface area contributed by atoms with Crippen molar-refractivity contribution >= 4 is 42.5 Å². The summed E-state index contributed by atoms with van der Waals surface area (Å²) in [6, 6.07) is 11.6. The van der Waals surface area contributed by atoms with E-state index >= 15 is 0 Å². The average Bonchev–Trinajstić information content (AvgIpc) is 3.25. The van der Waals surface area contributed by atoms with Crippen molar-refractivity contribution < 1.29 is 14.3 Å². The number of amides is 1. The Morgan fingerprint density at radius 2 is 1.93 bits per heavy atom. The van der Waals surface area contributed by atoms with Gasteiger partial charge in [0.1, 0.15) is 4.32 Å². The minimum atomic E-state index is -1.71. The summed E-state index contributed by atoms with van der Waals surface area (Å²) < 4.78 is 7.07. The van der Waals surface area contributed by atoms with Crippen LogP contribution in [-0.4, -0.2) is 46.5 Å². The molecule has 4 atom stereocenters. The molecule has 0 bridgehead atoms. The van der Waals surface area contributed by atoms with Gasteiger partial charge < -0.3 is 9.53 Å². The lowest BCUT2D eigenvalue weighted by molar-refractivity contribution is -0.131. The molecular formula is C23H35NO3S2Si. The first-order valence-corrected chi connectivity index (χ1v) is 15.1. The van der Waals surface area contributed by atoms with Crippen LogP contribution in [0.5, 0.6) is 0 Å². The highest BCUT2D eigenvalue weighted by molar-refractivity contribution is 8.23. The lowest BCUT2D eigenvalue weighted by Gasteiger charge is -2.32. The smallest absolute Gasteiger partial charge is 0.231 e. The summed E-state index contributed by atoms with van der Waals surface area (Å²) in [5, 5.41) is 11.2. The van der Waals surface area contributed by atoms with Crippen LogP contribution in [0, 0.1) is 5.92 Å². The summed E-state index contributed by atoms with van der Waals surface area (Å²) in [6.07, 6.45) is 1.14. The van der Waals surface area contributed by atoms with Gasteiger partial charge in [-0.25, -0.2) is 0 Å². The summed E-state index contributed by atoms with van der Waals surface area (Å²) in [4.78, 5) is 15.0. The van der Waals surface area contributed by atoms with Crippen LogP contribution in [0.15, 0.2) is 24.3 Å². The standard InChI is InChI=1S/C23H35NO3S2Si/c1-5-16(15-27-30(6-2,7-3)8-4)19(25)14-21(26)24-22-18-12-10-9-11-17(18)13-20(22)29-23(24)28/h9-12,16,19-20,22,25H,5-8,13-15H2,1-4H3/t16-,19+,20+,22-/m0/s1. The Labute approximate surface area is 191 Å². The molecule has 0 spiro atoms. The van der Waals surface area contributed by atoms with Crippen molar-refractivity contribution in [3.05, 3.63) is 35.4 Å². The lowest BCUT2D eigenvalue weighted by Crippen LogP contribution is -2.41. The highest BCUT2D eigenvalue weighted by atomic mass is 32.2. The first kappa shape index (κ1) is 23.9. The summed E-state index contributed by atoms with van der Waals surface area (Å²) in [6.45, 7) is 9.24. The fourth-order valence-corrected chi connectivity index (χ4v) is 9.30. The molecule has 0 radical (unpaired) electrons. The minimum absolute atomic E-state index is 0.00931. The highest BCUT2D eigenvalue weighted by Gasteiger charge is 2.47. The Bertz CT molecular complexity index is 762. The maximum absolute atomic E-state index is 13.2. The molecule has 1 aliphatic carbocycles. The zero-order valence-corrected chi connectivity index (χ0v) is 21.2. The van der Waals surface area contributed by atoms with Gasteiger partial charge >= 0.3 is 0 Å². The van der Waals surface area contributed by atoms with Crippen LogP contribution in [0.1, 0.15) is 57.7 Å². The van der Waals surface area contributed by atoms with Crippen molar-refractivity contribution in [2.24, 2.45) is 5.92 Å². The molecule has 0 unspecified atom stereocenters. The van der Waals surface area contributed by atoms with E-state index < -0.39 is 14.4 Å². The average molecular weight is 466 g/mol. The zero-order valence-electron chi connectivity index (χ0n) is 18.6. The maximum atomic E-state index is 13.2. The van der Waals surface area contributed by atoms with Crippen LogP contribution in [0.3, 0.4) is 0 Å². The Morgan fingerprint density at radius 1 is 1.27 bits per heavy atom. The molecule has 1 aromatic rings. The summed E-state index contributed by atoms with van der Waals surface area (Å²) >= 11 is 7.19. The Kier molecular flexibility index (Phi) is 8.18. The number of thiocarbonyl (C=S) groups is 1. The van der Waals surface area contributed by atoms with Gasteiger partial charge in [0.15, 0.2) is 8.32 Å². The predicted molar refractivity (Wildman–Crippen MR) is 131 cm³/mol. The van der Waals surface area contributed by atoms with Gasteiger partial charge in [-0.15, -0.1) is 0 Å². The quantitative estimate of drug-likeness (QED) is 0.375. The molecule has 166 valence electrons. The number of aliphatic hydroxyl groups is 1. The van der Waals surface area contributed by atoms with Crippen molar-refractivity contribution in [1.82, 2.24) is 4.90 Å². The highest BCUT2D eigenvalue weighted by Crippen LogP contribution is 2.49. The monoisotopic (exact) mass is 465 g/mol. The molecule has 3 rings (SSSR count). The van der Waals surface area contributed by atoms with Gasteiger partial charge in [-0.05, 0) is 42.1 Å². The first-order chi connectivity index (χ1) is 14.4. The molecule has 1 aromatic carbocycles. The Hall–Kier alpha value is -0.733. The summed E-state index contributed by atoms with van der Waals surface area (Å²) in [5.74, 6) is -0.0893. The third-order valence-electron chi connectivity index (χ3n) is 7.13. The van der Waals surface area contributed by atoms with E-state index in [4.69, 9.17) is 16.6 Å². The van der Waals surface area contributed by atoms with Crippen LogP contribution < -0.4 is 0 Å². The predicted octanol–water partition coefficient (Wildman–Crippen LogP) is 5.31. The van der Waals surface area contributed by atoms with Crippen LogP contribution in [0.25, 0.3) is 0 Å². The van der Waals surface area contributed by atoms with Crippen molar-refractivity contribution in [3.63, 3.8) is 0 Å². The van der Waals surface area contributed by atoms with E-state index in [0.717, 1.165) is 31.0 Å². The fourth-order valence-electron chi connectivity index (χ4n) is 4.79. The normalized spacial score (nSPS) is 22.7. The van der Waals surface area contributed by atoms with E-state index in [1.54, 1.807) is 16.7 Å². The van der Waals surface area contributed by atoms with Gasteiger partial charge in [0, 0.05) is 17.8 Å². The topological polar surface area (TPSA) is 49.8 Å². The second-order valence-corrected chi connectivity index (χ2v) is 15.2. The number of hydrogen-bond donors (Lipinski definition) is 1. The van der Waals surface area contributed by atoms with Crippen LogP contribution >= 0.6 is 24.0 Å². The number of benzene rings is 1. The van der Waals surface area contributed by atoms with Gasteiger partial charge in [-0.1, -0.05) is 75.9 Å². The van der Waals surface area contributed by atoms with Crippen molar-refractivity contribution in [1.29, 1.82) is 0 Å². The van der Waals surface area contributed by atoms with Crippen LogP contribution in [0.4, 0.5) is 0 Å². The third-order valence-corrected chi connectivity index (χ3v) is 13.4. The lowest BCUT2D eigenvalue weighted by atomic mass is 9.97. The number of fused-ring (bicyclic) bond motifs is 3. The van der Waals surface area contributed by atoms with E-state index in [2.05, 4.69) is 45.9 Å². The molecule has 0 aromatic heterocycles. The van der Waals surface area contributed by atoms with E-state index in [9.17, 15) is 9.90 Å². The number of rotatable bonds is 10. The molecule has 7 heteroatoms. The van der Waals surface area contributed by atoms with Gasteiger partial charge in [-0.2, -0.15) is 0 Å². The van der Waals surface area contributed by atoms with E-state index in [-0.39, 0.29) is 24.3 Å². The van der Waals surface area contributed by atoms with Crippen molar-refractivity contribution in [3.8, 4) is 0 Å². The van der Waals surface area contributed by atoms with E-state index in [0.29, 0.717) is 16.2 Å². The van der Waals surface area contributed by atoms with Gasteiger partial charge in [-0.3, -0.25) is 9.69 Å². The van der Waals surface area contributed by atoms with Gasteiger partial charge in [0.2, 0.25) is 5.91 Å². The maximum Gasteiger partial charge on any atom is 0.231 e. The molecule has 4 nitrogen and oxygen atoms in total. The number of hydrogen-bond acceptors (Lipinski definition) is 5. The molecule has 0 saturated carbocycles. The van der Waals surface area contributed by atoms with E-state index in [1.807, 2.05) is 6.07 Å². The zero-order chi connectivity index (χ0) is 21.9. The number of nitrogens with zero attached hydrogens (tertiary/aromatic N) is 1. The molecule has 2 aliphatic rings. The van der Waals surface area contributed by atoms with Gasteiger partial charge in [0.05, 0.1) is 18.6 Å². The molecule has 1 N–H and O–H groups in total. The fraction of sp³-hybridized carbons (Fsp3) is 0.652. The molecule has 30 heavy (non-hydrogen) atoms. The van der Waals surface area contributed by atoms with Crippen molar-refractivity contribution in [2.75, 3.05) is 6.61 Å². The van der Waals surface area contributed by atoms with Gasteiger partial charge in [0.25, 0.3) is 0 Å². The molecule has 1 saturated heterocycles. The largest absolute Gasteiger partial charge is 0.416 e. The summed E-state index contributed by atoms with van der Waals surface area (Å²) in [7, 11) is -1.71. The second kappa shape index (κ2) is 10.3. The number of thioether (sulfide) groups is 1. The van der Waals surface area contributed by atoms with E-state index in [1.165, 1.54) is 11.1 Å². The second-order valence-electron chi connectivity index (χ2n) is 8.53. The number of aliphatic hydroxyl groups excluding tert-OH is 1. The summed E-state index contributed by atoms with van der Waals surface area (Å²) in [5.41, 5.74) is 2.51. The molecule has 1 amide bonds. The SMILES string of the molecule is CC[C@@H](CO[Si](CC)(CC)CC)[C@H](O)CC(=O)N1C(=S)S[C@@H]2Cc3ccccc3[C@@H]21. The number of carbonyl (C=O) groups is 1. The number of carbonyl (C=O) groups excluding carboxylic acids is 1. The molecule has 1 fully saturated rings. The molecule has 1 heterocycles. The third kappa shape index (κ3) is 4.70. The molecular weight excluding hydrogens is 430 g/mol. The Morgan fingerprint density at radius 3 is 2.57 bits per heavy atom. The molecule has 1 aliphatic heterocycles. The minimum Gasteiger partial charge on any atom is -0.416 e.